The van der Waals surface area contributed by atoms with Gasteiger partial charge in [-0.25, -0.2) is 9.97 Å². The second-order valence-corrected chi connectivity index (χ2v) is 6.37. The SMILES string of the molecule is CC(C)Cc1cc(NC2CC23CCOCC3)ncn1. The lowest BCUT2D eigenvalue weighted by Crippen LogP contribution is -2.23. The Balaban J connectivity index is 1.61. The van der Waals surface area contributed by atoms with E-state index in [0.29, 0.717) is 17.4 Å². The van der Waals surface area contributed by atoms with Gasteiger partial charge in [-0.05, 0) is 37.0 Å². The molecule has 1 aromatic rings. The van der Waals surface area contributed by atoms with Gasteiger partial charge >= 0.3 is 0 Å². The van der Waals surface area contributed by atoms with E-state index >= 15 is 0 Å². The third-order valence-corrected chi connectivity index (χ3v) is 4.34. The topological polar surface area (TPSA) is 47.0 Å². The zero-order valence-corrected chi connectivity index (χ0v) is 11.9. The van der Waals surface area contributed by atoms with Gasteiger partial charge in [-0.3, -0.25) is 0 Å². The van der Waals surface area contributed by atoms with Crippen molar-refractivity contribution < 1.29 is 4.74 Å². The fourth-order valence-electron chi connectivity index (χ4n) is 3.07. The van der Waals surface area contributed by atoms with Crippen LogP contribution in [0.15, 0.2) is 12.4 Å². The van der Waals surface area contributed by atoms with Crippen LogP contribution in [0.1, 0.15) is 38.8 Å². The zero-order valence-electron chi connectivity index (χ0n) is 11.9. The molecule has 0 aromatic carbocycles. The highest BCUT2D eigenvalue weighted by Gasteiger charge is 2.54. The van der Waals surface area contributed by atoms with Gasteiger partial charge in [-0.1, -0.05) is 13.8 Å². The first-order valence-electron chi connectivity index (χ1n) is 7.33. The van der Waals surface area contributed by atoms with Crippen molar-refractivity contribution in [3.05, 3.63) is 18.1 Å². The Morgan fingerprint density at radius 3 is 2.89 bits per heavy atom. The molecule has 1 aliphatic carbocycles. The number of hydrogen-bond acceptors (Lipinski definition) is 4. The summed E-state index contributed by atoms with van der Waals surface area (Å²) < 4.78 is 5.45. The molecule has 0 radical (unpaired) electrons. The second kappa shape index (κ2) is 5.08. The minimum atomic E-state index is 0.488. The minimum absolute atomic E-state index is 0.488. The van der Waals surface area contributed by atoms with Crippen LogP contribution in [0.4, 0.5) is 5.82 Å². The molecule has 1 N–H and O–H groups in total. The molecule has 2 fully saturated rings. The highest BCUT2D eigenvalue weighted by atomic mass is 16.5. The molecule has 4 heteroatoms. The molecule has 0 bridgehead atoms. The van der Waals surface area contributed by atoms with Crippen molar-refractivity contribution in [2.24, 2.45) is 11.3 Å². The summed E-state index contributed by atoms with van der Waals surface area (Å²) in [7, 11) is 0. The van der Waals surface area contributed by atoms with Crippen LogP contribution in [0.3, 0.4) is 0 Å². The summed E-state index contributed by atoms with van der Waals surface area (Å²) >= 11 is 0. The van der Waals surface area contributed by atoms with Gasteiger partial charge in [0.05, 0.1) is 0 Å². The van der Waals surface area contributed by atoms with E-state index in [0.717, 1.165) is 31.1 Å². The largest absolute Gasteiger partial charge is 0.381 e. The van der Waals surface area contributed by atoms with E-state index in [-0.39, 0.29) is 0 Å². The summed E-state index contributed by atoms with van der Waals surface area (Å²) in [6, 6.07) is 2.68. The van der Waals surface area contributed by atoms with Crippen LogP contribution in [0.5, 0.6) is 0 Å². The Morgan fingerprint density at radius 2 is 2.16 bits per heavy atom. The predicted molar refractivity (Wildman–Crippen MR) is 75.1 cm³/mol. The van der Waals surface area contributed by atoms with Crippen LogP contribution < -0.4 is 5.32 Å². The number of ether oxygens (including phenoxy) is 1. The van der Waals surface area contributed by atoms with Gasteiger partial charge in [-0.15, -0.1) is 0 Å². The van der Waals surface area contributed by atoms with Crippen LogP contribution >= 0.6 is 0 Å². The molecule has 2 heterocycles. The lowest BCUT2D eigenvalue weighted by atomic mass is 9.96. The van der Waals surface area contributed by atoms with Gasteiger partial charge in [0.25, 0.3) is 0 Å². The van der Waals surface area contributed by atoms with E-state index < -0.39 is 0 Å². The maximum absolute atomic E-state index is 5.45. The van der Waals surface area contributed by atoms with E-state index in [1.54, 1.807) is 6.33 Å². The molecule has 1 atom stereocenters. The van der Waals surface area contributed by atoms with Crippen molar-refractivity contribution in [2.75, 3.05) is 18.5 Å². The summed E-state index contributed by atoms with van der Waals surface area (Å²) in [6.45, 7) is 6.27. The number of rotatable bonds is 4. The van der Waals surface area contributed by atoms with Crippen molar-refractivity contribution in [3.8, 4) is 0 Å². The van der Waals surface area contributed by atoms with E-state index in [1.165, 1.54) is 19.3 Å². The lowest BCUT2D eigenvalue weighted by Gasteiger charge is -2.23. The van der Waals surface area contributed by atoms with Gasteiger partial charge in [0, 0.05) is 31.0 Å². The highest BCUT2D eigenvalue weighted by molar-refractivity contribution is 5.39. The van der Waals surface area contributed by atoms with Crippen LogP contribution in [0.2, 0.25) is 0 Å². The van der Waals surface area contributed by atoms with Gasteiger partial charge in [-0.2, -0.15) is 0 Å². The molecule has 0 amide bonds. The molecular formula is C15H23N3O. The van der Waals surface area contributed by atoms with Gasteiger partial charge < -0.3 is 10.1 Å². The minimum Gasteiger partial charge on any atom is -0.381 e. The number of aromatic nitrogens is 2. The van der Waals surface area contributed by atoms with Gasteiger partial charge in [0.1, 0.15) is 12.1 Å². The standard InChI is InChI=1S/C15H23N3O/c1-11(2)7-12-8-14(17-10-16-12)18-13-9-15(13)3-5-19-6-4-15/h8,10-11,13H,3-7,9H2,1-2H3,(H,16,17,18). The molecule has 2 aliphatic rings. The van der Waals surface area contributed by atoms with Crippen LogP contribution in [-0.4, -0.2) is 29.2 Å². The number of hydrogen-bond donors (Lipinski definition) is 1. The monoisotopic (exact) mass is 261 g/mol. The molecule has 1 saturated carbocycles. The van der Waals surface area contributed by atoms with Crippen molar-refractivity contribution in [2.45, 2.75) is 45.6 Å². The van der Waals surface area contributed by atoms with E-state index in [9.17, 15) is 0 Å². The number of nitrogens with one attached hydrogen (secondary N) is 1. The Morgan fingerprint density at radius 1 is 1.37 bits per heavy atom. The maximum atomic E-state index is 5.45. The van der Waals surface area contributed by atoms with Crippen molar-refractivity contribution in [1.82, 2.24) is 9.97 Å². The Labute approximate surface area is 115 Å². The van der Waals surface area contributed by atoms with E-state index in [2.05, 4.69) is 35.2 Å². The quantitative estimate of drug-likeness (QED) is 0.905. The number of nitrogens with zero attached hydrogens (tertiary/aromatic N) is 2. The third kappa shape index (κ3) is 2.89. The summed E-state index contributed by atoms with van der Waals surface area (Å²) in [4.78, 5) is 8.69. The molecule has 1 spiro atoms. The fraction of sp³-hybridized carbons (Fsp3) is 0.733. The summed E-state index contributed by atoms with van der Waals surface area (Å²) in [6.07, 6.45) is 6.34. The van der Waals surface area contributed by atoms with Crippen molar-refractivity contribution in [3.63, 3.8) is 0 Å². The number of anilines is 1. The molecular weight excluding hydrogens is 238 g/mol. The summed E-state index contributed by atoms with van der Waals surface area (Å²) in [5.74, 6) is 1.62. The molecule has 104 valence electrons. The molecule has 3 rings (SSSR count). The van der Waals surface area contributed by atoms with Crippen molar-refractivity contribution >= 4 is 5.82 Å². The van der Waals surface area contributed by atoms with Crippen LogP contribution in [-0.2, 0) is 11.2 Å². The molecule has 4 nitrogen and oxygen atoms in total. The molecule has 19 heavy (non-hydrogen) atoms. The Bertz CT molecular complexity index is 441. The van der Waals surface area contributed by atoms with Crippen LogP contribution in [0.25, 0.3) is 0 Å². The van der Waals surface area contributed by atoms with Gasteiger partial charge in [0.2, 0.25) is 0 Å². The first-order chi connectivity index (χ1) is 9.18. The van der Waals surface area contributed by atoms with Gasteiger partial charge in [0.15, 0.2) is 0 Å². The maximum Gasteiger partial charge on any atom is 0.129 e. The average Bonchev–Trinajstić information content (AvgIpc) is 3.01. The zero-order chi connectivity index (χ0) is 13.3. The highest BCUT2D eigenvalue weighted by Crippen LogP contribution is 2.54. The molecule has 1 aliphatic heterocycles. The van der Waals surface area contributed by atoms with E-state index in [4.69, 9.17) is 4.74 Å². The average molecular weight is 261 g/mol. The molecule has 1 aromatic heterocycles. The lowest BCUT2D eigenvalue weighted by molar-refractivity contribution is 0.0567. The molecule has 1 saturated heterocycles. The normalized spacial score (nSPS) is 24.7. The first-order valence-corrected chi connectivity index (χ1v) is 7.33. The fourth-order valence-corrected chi connectivity index (χ4v) is 3.07. The Kier molecular flexibility index (Phi) is 3.44. The smallest absolute Gasteiger partial charge is 0.129 e. The first kappa shape index (κ1) is 12.9. The second-order valence-electron chi connectivity index (χ2n) is 6.37. The van der Waals surface area contributed by atoms with E-state index in [1.807, 2.05) is 0 Å². The third-order valence-electron chi connectivity index (χ3n) is 4.34. The Hall–Kier alpha value is -1.16. The summed E-state index contributed by atoms with van der Waals surface area (Å²) in [5, 5.41) is 3.58. The predicted octanol–water partition coefficient (Wildman–Crippen LogP) is 2.66. The van der Waals surface area contributed by atoms with Crippen molar-refractivity contribution in [1.29, 1.82) is 0 Å². The van der Waals surface area contributed by atoms with Crippen LogP contribution in [0, 0.1) is 11.3 Å². The summed E-state index contributed by atoms with van der Waals surface area (Å²) in [5.41, 5.74) is 1.62. The molecule has 1 unspecified atom stereocenters.